The fraction of sp³-hybridized carbons (Fsp3) is 0.462. The van der Waals surface area contributed by atoms with E-state index in [0.717, 1.165) is 11.8 Å². The van der Waals surface area contributed by atoms with Crippen LogP contribution in [0.3, 0.4) is 0 Å². The van der Waals surface area contributed by atoms with Gasteiger partial charge < -0.3 is 0 Å². The lowest BCUT2D eigenvalue weighted by Gasteiger charge is -2.29. The summed E-state index contributed by atoms with van der Waals surface area (Å²) in [7, 11) is -3.68. The largest absolute Gasteiger partial charge is 0.265 e. The van der Waals surface area contributed by atoms with Gasteiger partial charge in [0.1, 0.15) is 0 Å². The third-order valence-corrected chi connectivity index (χ3v) is 3.33. The zero-order chi connectivity index (χ0) is 13.8. The van der Waals surface area contributed by atoms with Crippen molar-refractivity contribution in [2.24, 2.45) is 5.92 Å². The van der Waals surface area contributed by atoms with Crippen LogP contribution in [0, 0.1) is 17.2 Å². The number of nitrogens with zero attached hydrogens (tertiary/aromatic N) is 1. The first kappa shape index (κ1) is 14.7. The van der Waals surface area contributed by atoms with E-state index in [1.165, 1.54) is 0 Å². The monoisotopic (exact) mass is 267 g/mol. The van der Waals surface area contributed by atoms with Gasteiger partial charge in [-0.2, -0.15) is 13.7 Å². The summed E-state index contributed by atoms with van der Waals surface area (Å²) in [5.41, 5.74) is -0.481. The van der Waals surface area contributed by atoms with Crippen LogP contribution in [0.5, 0.6) is 0 Å². The predicted molar refractivity (Wildman–Crippen MR) is 69.3 cm³/mol. The first-order chi connectivity index (χ1) is 8.29. The van der Waals surface area contributed by atoms with Crippen LogP contribution in [0.1, 0.15) is 19.4 Å². The predicted octanol–water partition coefficient (Wildman–Crippen LogP) is 2.12. The van der Waals surface area contributed by atoms with Gasteiger partial charge in [0, 0.05) is 6.42 Å². The van der Waals surface area contributed by atoms with Gasteiger partial charge in [-0.1, -0.05) is 44.2 Å². The van der Waals surface area contributed by atoms with Crippen molar-refractivity contribution >= 4 is 10.1 Å². The van der Waals surface area contributed by atoms with Crippen molar-refractivity contribution in [2.75, 3.05) is 6.26 Å². The van der Waals surface area contributed by atoms with Gasteiger partial charge >= 0.3 is 0 Å². The number of nitriles is 1. The molecule has 0 bridgehead atoms. The molecule has 0 spiro atoms. The second-order valence-electron chi connectivity index (χ2n) is 4.61. The van der Waals surface area contributed by atoms with Gasteiger partial charge in [-0.25, -0.2) is 4.18 Å². The minimum absolute atomic E-state index is 0.238. The molecular formula is C13H17NO3S. The number of hydrogen-bond acceptors (Lipinski definition) is 4. The summed E-state index contributed by atoms with van der Waals surface area (Å²) < 4.78 is 27.7. The molecule has 5 heteroatoms. The average Bonchev–Trinajstić information content (AvgIpc) is 2.27. The number of benzene rings is 1. The SMILES string of the molecule is CC(C)C(C#N)(Cc1ccccc1)OS(C)(=O)=O. The maximum atomic E-state index is 11.3. The first-order valence-electron chi connectivity index (χ1n) is 5.65. The quantitative estimate of drug-likeness (QED) is 0.766. The molecule has 0 radical (unpaired) electrons. The maximum absolute atomic E-state index is 11.3. The Morgan fingerprint density at radius 2 is 1.89 bits per heavy atom. The third kappa shape index (κ3) is 3.83. The second kappa shape index (κ2) is 5.51. The van der Waals surface area contributed by atoms with Crippen LogP contribution in [0.2, 0.25) is 0 Å². The normalized spacial score (nSPS) is 15.1. The summed E-state index contributed by atoms with van der Waals surface area (Å²) in [5.74, 6) is -0.238. The van der Waals surface area contributed by atoms with Crippen molar-refractivity contribution in [3.05, 3.63) is 35.9 Å². The zero-order valence-corrected chi connectivity index (χ0v) is 11.6. The molecule has 1 aromatic rings. The molecule has 1 unspecified atom stereocenters. The Morgan fingerprint density at radius 1 is 1.33 bits per heavy atom. The Kier molecular flexibility index (Phi) is 4.49. The van der Waals surface area contributed by atoms with Crippen LogP contribution < -0.4 is 0 Å². The average molecular weight is 267 g/mol. The number of rotatable bonds is 5. The van der Waals surface area contributed by atoms with Crippen LogP contribution in [0.25, 0.3) is 0 Å². The summed E-state index contributed by atoms with van der Waals surface area (Å²) in [4.78, 5) is 0. The topological polar surface area (TPSA) is 67.2 Å². The highest BCUT2D eigenvalue weighted by Gasteiger charge is 2.39. The molecular weight excluding hydrogens is 250 g/mol. The van der Waals surface area contributed by atoms with Gasteiger partial charge in [0.15, 0.2) is 5.60 Å². The highest BCUT2D eigenvalue weighted by molar-refractivity contribution is 7.86. The number of hydrogen-bond donors (Lipinski definition) is 0. The highest BCUT2D eigenvalue weighted by atomic mass is 32.2. The van der Waals surface area contributed by atoms with E-state index < -0.39 is 15.7 Å². The molecule has 18 heavy (non-hydrogen) atoms. The van der Waals surface area contributed by atoms with Gasteiger partial charge in [-0.05, 0) is 11.5 Å². The van der Waals surface area contributed by atoms with Crippen LogP contribution in [0.4, 0.5) is 0 Å². The molecule has 0 heterocycles. The molecule has 0 aliphatic rings. The smallest absolute Gasteiger partial charge is 0.248 e. The van der Waals surface area contributed by atoms with E-state index >= 15 is 0 Å². The molecule has 0 N–H and O–H groups in total. The fourth-order valence-corrected chi connectivity index (χ4v) is 2.52. The van der Waals surface area contributed by atoms with Gasteiger partial charge in [-0.15, -0.1) is 0 Å². The van der Waals surface area contributed by atoms with E-state index in [1.54, 1.807) is 13.8 Å². The minimum Gasteiger partial charge on any atom is -0.248 e. The lowest BCUT2D eigenvalue weighted by Crippen LogP contribution is -2.41. The molecule has 4 nitrogen and oxygen atoms in total. The van der Waals surface area contributed by atoms with Crippen LogP contribution in [0.15, 0.2) is 30.3 Å². The minimum atomic E-state index is -3.68. The Balaban J connectivity index is 3.10. The van der Waals surface area contributed by atoms with Gasteiger partial charge in [-0.3, -0.25) is 0 Å². The highest BCUT2D eigenvalue weighted by Crippen LogP contribution is 2.27. The van der Waals surface area contributed by atoms with Crippen molar-refractivity contribution in [3.63, 3.8) is 0 Å². The molecule has 0 saturated carbocycles. The van der Waals surface area contributed by atoms with Crippen molar-refractivity contribution in [3.8, 4) is 6.07 Å². The van der Waals surface area contributed by atoms with Crippen LogP contribution >= 0.6 is 0 Å². The molecule has 0 saturated heterocycles. The van der Waals surface area contributed by atoms with E-state index in [9.17, 15) is 13.7 Å². The van der Waals surface area contributed by atoms with Gasteiger partial charge in [0.25, 0.3) is 10.1 Å². The van der Waals surface area contributed by atoms with Gasteiger partial charge in [0.2, 0.25) is 0 Å². The Hall–Kier alpha value is -1.38. The summed E-state index contributed by atoms with van der Waals surface area (Å²) >= 11 is 0. The van der Waals surface area contributed by atoms with Crippen LogP contribution in [-0.4, -0.2) is 20.3 Å². The first-order valence-corrected chi connectivity index (χ1v) is 7.46. The molecule has 0 fully saturated rings. The molecule has 98 valence electrons. The summed E-state index contributed by atoms with van der Waals surface area (Å²) in [6.45, 7) is 3.55. The van der Waals surface area contributed by atoms with E-state index in [1.807, 2.05) is 36.4 Å². The van der Waals surface area contributed by atoms with E-state index in [2.05, 4.69) is 0 Å². The molecule has 0 amide bonds. The molecule has 1 atom stereocenters. The molecule has 0 aliphatic carbocycles. The lowest BCUT2D eigenvalue weighted by atomic mass is 9.86. The van der Waals surface area contributed by atoms with Crippen LogP contribution in [-0.2, 0) is 20.7 Å². The molecule has 0 aliphatic heterocycles. The Labute approximate surface area is 108 Å². The third-order valence-electron chi connectivity index (χ3n) is 2.73. The van der Waals surface area contributed by atoms with Crippen molar-refractivity contribution in [1.29, 1.82) is 5.26 Å². The van der Waals surface area contributed by atoms with Gasteiger partial charge in [0.05, 0.1) is 12.3 Å². The maximum Gasteiger partial charge on any atom is 0.265 e. The molecule has 1 rings (SSSR count). The van der Waals surface area contributed by atoms with Crippen molar-refractivity contribution in [1.82, 2.24) is 0 Å². The molecule has 0 aromatic heterocycles. The standard InChI is InChI=1S/C13H17NO3S/c1-11(2)13(10-14,17-18(3,15)16)9-12-7-5-4-6-8-12/h4-8,11H,9H2,1-3H3. The fourth-order valence-electron chi connectivity index (χ4n) is 1.69. The second-order valence-corrected chi connectivity index (χ2v) is 6.18. The lowest BCUT2D eigenvalue weighted by molar-refractivity contribution is 0.0872. The Bertz CT molecular complexity index is 531. The van der Waals surface area contributed by atoms with Crippen molar-refractivity contribution < 1.29 is 12.6 Å². The summed E-state index contributed by atoms with van der Waals surface area (Å²) in [5, 5.41) is 9.33. The molecule has 1 aromatic carbocycles. The van der Waals surface area contributed by atoms with E-state index in [-0.39, 0.29) is 12.3 Å². The van der Waals surface area contributed by atoms with Crippen molar-refractivity contribution in [2.45, 2.75) is 25.9 Å². The zero-order valence-electron chi connectivity index (χ0n) is 10.8. The Morgan fingerprint density at radius 3 is 2.28 bits per heavy atom. The summed E-state index contributed by atoms with van der Waals surface area (Å²) in [6.07, 6.45) is 1.21. The van der Waals surface area contributed by atoms with E-state index in [4.69, 9.17) is 4.18 Å². The van der Waals surface area contributed by atoms with E-state index in [0.29, 0.717) is 0 Å². The summed E-state index contributed by atoms with van der Waals surface area (Å²) in [6, 6.07) is 11.3.